The van der Waals surface area contributed by atoms with Gasteiger partial charge in [-0.2, -0.15) is 0 Å². The van der Waals surface area contributed by atoms with Crippen LogP contribution < -0.4 is 14.8 Å². The van der Waals surface area contributed by atoms with Gasteiger partial charge in [0.05, 0.1) is 13.2 Å². The second kappa shape index (κ2) is 8.76. The van der Waals surface area contributed by atoms with E-state index in [1.807, 2.05) is 54.6 Å². The predicted octanol–water partition coefficient (Wildman–Crippen LogP) is 3.69. The quantitative estimate of drug-likeness (QED) is 0.672. The van der Waals surface area contributed by atoms with Gasteiger partial charge in [-0.25, -0.2) is 0 Å². The molecule has 1 amide bonds. The average Bonchev–Trinajstić information content (AvgIpc) is 2.72. The van der Waals surface area contributed by atoms with E-state index in [2.05, 4.69) is 5.32 Å². The molecule has 0 radical (unpaired) electrons. The number of hydrogen-bond acceptors (Lipinski definition) is 4. The van der Waals surface area contributed by atoms with Gasteiger partial charge in [-0.1, -0.05) is 54.6 Å². The van der Waals surface area contributed by atoms with Gasteiger partial charge in [0.1, 0.15) is 5.75 Å². The van der Waals surface area contributed by atoms with Gasteiger partial charge in [0.15, 0.2) is 18.1 Å². The summed E-state index contributed by atoms with van der Waals surface area (Å²) in [6, 6.07) is 23.5. The highest BCUT2D eigenvalue weighted by Crippen LogP contribution is 2.25. The molecular weight excluding hydrogens is 342 g/mol. The van der Waals surface area contributed by atoms with Gasteiger partial charge in [0, 0.05) is 0 Å². The van der Waals surface area contributed by atoms with Crippen LogP contribution in [-0.2, 0) is 4.79 Å². The highest BCUT2D eigenvalue weighted by Gasteiger charge is 2.17. The van der Waals surface area contributed by atoms with Crippen LogP contribution in [-0.4, -0.2) is 24.7 Å². The Morgan fingerprint density at radius 3 is 2.22 bits per heavy atom. The lowest BCUT2D eigenvalue weighted by Crippen LogP contribution is -2.33. The first-order valence-electron chi connectivity index (χ1n) is 8.56. The Morgan fingerprint density at radius 1 is 0.926 bits per heavy atom. The fraction of sp³-hybridized carbons (Fsp3) is 0.136. The number of phenols is 1. The second-order valence-electron chi connectivity index (χ2n) is 5.94. The number of benzene rings is 3. The van der Waals surface area contributed by atoms with Gasteiger partial charge in [0.25, 0.3) is 5.91 Å². The summed E-state index contributed by atoms with van der Waals surface area (Å²) in [5, 5.41) is 12.7. The van der Waals surface area contributed by atoms with E-state index in [1.165, 1.54) is 6.07 Å². The molecule has 27 heavy (non-hydrogen) atoms. The SMILES string of the molecule is COc1ccc(C(NC(=O)COc2ccccc2O)c2ccccc2)cc1. The van der Waals surface area contributed by atoms with Crippen molar-refractivity contribution in [2.75, 3.05) is 13.7 Å². The monoisotopic (exact) mass is 363 g/mol. The molecule has 0 saturated heterocycles. The summed E-state index contributed by atoms with van der Waals surface area (Å²) in [5.74, 6) is 0.733. The molecule has 0 aliphatic carbocycles. The van der Waals surface area contributed by atoms with Crippen LogP contribution in [0.15, 0.2) is 78.9 Å². The number of carbonyl (C=O) groups is 1. The van der Waals surface area contributed by atoms with Crippen molar-refractivity contribution < 1.29 is 19.4 Å². The van der Waals surface area contributed by atoms with Crippen molar-refractivity contribution >= 4 is 5.91 Å². The molecule has 3 aromatic carbocycles. The van der Waals surface area contributed by atoms with Crippen molar-refractivity contribution in [1.29, 1.82) is 0 Å². The van der Waals surface area contributed by atoms with Crippen LogP contribution >= 0.6 is 0 Å². The van der Waals surface area contributed by atoms with Crippen molar-refractivity contribution in [1.82, 2.24) is 5.32 Å². The lowest BCUT2D eigenvalue weighted by molar-refractivity contribution is -0.123. The number of phenolic OH excluding ortho intramolecular Hbond substituents is 1. The second-order valence-corrected chi connectivity index (χ2v) is 5.94. The lowest BCUT2D eigenvalue weighted by Gasteiger charge is -2.20. The van der Waals surface area contributed by atoms with E-state index in [9.17, 15) is 9.90 Å². The minimum Gasteiger partial charge on any atom is -0.504 e. The maximum atomic E-state index is 12.5. The summed E-state index contributed by atoms with van der Waals surface area (Å²) in [6.07, 6.45) is 0. The van der Waals surface area contributed by atoms with Crippen molar-refractivity contribution in [3.05, 3.63) is 90.0 Å². The smallest absolute Gasteiger partial charge is 0.258 e. The summed E-state index contributed by atoms with van der Waals surface area (Å²) in [4.78, 5) is 12.5. The zero-order valence-corrected chi connectivity index (χ0v) is 15.0. The molecule has 0 aromatic heterocycles. The van der Waals surface area contributed by atoms with Crippen molar-refractivity contribution in [3.63, 3.8) is 0 Å². The van der Waals surface area contributed by atoms with Gasteiger partial charge >= 0.3 is 0 Å². The lowest BCUT2D eigenvalue weighted by atomic mass is 9.98. The molecule has 5 nitrogen and oxygen atoms in total. The molecule has 1 unspecified atom stereocenters. The molecule has 0 spiro atoms. The molecule has 138 valence electrons. The third kappa shape index (κ3) is 4.79. The molecule has 0 fully saturated rings. The Hall–Kier alpha value is -3.47. The van der Waals surface area contributed by atoms with Crippen molar-refractivity contribution in [2.45, 2.75) is 6.04 Å². The number of amides is 1. The summed E-state index contributed by atoms with van der Waals surface area (Å²) >= 11 is 0. The third-order valence-corrected chi connectivity index (χ3v) is 4.11. The number of aromatic hydroxyl groups is 1. The minimum absolute atomic E-state index is 0.0000591. The molecule has 0 aliphatic rings. The van der Waals surface area contributed by atoms with E-state index < -0.39 is 0 Å². The van der Waals surface area contributed by atoms with Gasteiger partial charge in [-0.15, -0.1) is 0 Å². The highest BCUT2D eigenvalue weighted by atomic mass is 16.5. The molecule has 1 atom stereocenters. The first-order valence-corrected chi connectivity index (χ1v) is 8.56. The molecule has 0 saturated carbocycles. The number of para-hydroxylation sites is 2. The third-order valence-electron chi connectivity index (χ3n) is 4.11. The number of rotatable bonds is 7. The molecular formula is C22H21NO4. The van der Waals surface area contributed by atoms with E-state index in [1.54, 1.807) is 25.3 Å². The molecule has 3 rings (SSSR count). The fourth-order valence-corrected chi connectivity index (χ4v) is 2.73. The van der Waals surface area contributed by atoms with Crippen molar-refractivity contribution in [3.8, 4) is 17.2 Å². The molecule has 0 bridgehead atoms. The Kier molecular flexibility index (Phi) is 5.94. The molecule has 0 heterocycles. The Morgan fingerprint density at radius 2 is 1.56 bits per heavy atom. The largest absolute Gasteiger partial charge is 0.504 e. The fourth-order valence-electron chi connectivity index (χ4n) is 2.73. The Balaban J connectivity index is 1.74. The maximum Gasteiger partial charge on any atom is 0.258 e. The van der Waals surface area contributed by atoms with Crippen LogP contribution in [0.1, 0.15) is 17.2 Å². The van der Waals surface area contributed by atoms with Gasteiger partial charge in [-0.3, -0.25) is 4.79 Å². The maximum absolute atomic E-state index is 12.5. The van der Waals surface area contributed by atoms with E-state index in [0.29, 0.717) is 0 Å². The van der Waals surface area contributed by atoms with Gasteiger partial charge in [-0.05, 0) is 35.4 Å². The first kappa shape index (κ1) is 18.3. The molecule has 5 heteroatoms. The number of hydrogen-bond donors (Lipinski definition) is 2. The van der Waals surface area contributed by atoms with Crippen molar-refractivity contribution in [2.24, 2.45) is 0 Å². The summed E-state index contributed by atoms with van der Waals surface area (Å²) in [6.45, 7) is -0.197. The van der Waals surface area contributed by atoms with Gasteiger partial charge < -0.3 is 19.9 Å². The van der Waals surface area contributed by atoms with E-state index in [0.717, 1.165) is 16.9 Å². The Labute approximate surface area is 158 Å². The number of nitrogens with one attached hydrogen (secondary N) is 1. The van der Waals surface area contributed by atoms with Crippen LogP contribution in [0.4, 0.5) is 0 Å². The topological polar surface area (TPSA) is 67.8 Å². The zero-order valence-electron chi connectivity index (χ0n) is 15.0. The van der Waals surface area contributed by atoms with Crippen LogP contribution in [0.2, 0.25) is 0 Å². The van der Waals surface area contributed by atoms with E-state index in [-0.39, 0.29) is 30.1 Å². The summed E-state index contributed by atoms with van der Waals surface area (Å²) in [5.41, 5.74) is 1.89. The first-order chi connectivity index (χ1) is 13.2. The van der Waals surface area contributed by atoms with Crippen LogP contribution in [0, 0.1) is 0 Å². The Bertz CT molecular complexity index is 878. The van der Waals surface area contributed by atoms with E-state index in [4.69, 9.17) is 9.47 Å². The molecule has 0 aliphatic heterocycles. The van der Waals surface area contributed by atoms with Gasteiger partial charge in [0.2, 0.25) is 0 Å². The normalized spacial score (nSPS) is 11.4. The summed E-state index contributed by atoms with van der Waals surface area (Å²) < 4.78 is 10.6. The highest BCUT2D eigenvalue weighted by molar-refractivity contribution is 5.78. The standard InChI is InChI=1S/C22H21NO4/c1-26-18-13-11-17(12-14-18)22(16-7-3-2-4-8-16)23-21(25)15-27-20-10-6-5-9-19(20)24/h2-14,22,24H,15H2,1H3,(H,23,25). The number of ether oxygens (including phenoxy) is 2. The average molecular weight is 363 g/mol. The van der Waals surface area contributed by atoms with Crippen LogP contribution in [0.5, 0.6) is 17.2 Å². The number of carbonyl (C=O) groups excluding carboxylic acids is 1. The summed E-state index contributed by atoms with van der Waals surface area (Å²) in [7, 11) is 1.61. The molecule has 3 aromatic rings. The van der Waals surface area contributed by atoms with Crippen LogP contribution in [0.25, 0.3) is 0 Å². The predicted molar refractivity (Wildman–Crippen MR) is 103 cm³/mol. The van der Waals surface area contributed by atoms with E-state index >= 15 is 0 Å². The van der Waals surface area contributed by atoms with Crippen LogP contribution in [0.3, 0.4) is 0 Å². The molecule has 2 N–H and O–H groups in total. The number of methoxy groups -OCH3 is 1. The minimum atomic E-state index is -0.322. The zero-order chi connectivity index (χ0) is 19.1.